The molecule has 0 fully saturated rings. The second-order valence-corrected chi connectivity index (χ2v) is 3.07. The molecule has 14 heavy (non-hydrogen) atoms. The summed E-state index contributed by atoms with van der Waals surface area (Å²) in [5.74, 6) is -3.47. The Morgan fingerprint density at radius 1 is 1.36 bits per heavy atom. The van der Waals surface area contributed by atoms with Gasteiger partial charge in [0.25, 0.3) is 0 Å². The summed E-state index contributed by atoms with van der Waals surface area (Å²) in [4.78, 5) is 20.9. The van der Waals surface area contributed by atoms with Crippen LogP contribution in [-0.2, 0) is 9.59 Å². The summed E-state index contributed by atoms with van der Waals surface area (Å²) < 4.78 is 0. The standard InChI is InChI=1S/C8H14O6/c1-2-3-4-8(14,7(12)13)5(9)6(10)11/h5,9,14H,2-4H2,1H3,(H,10,11)(H,12,13). The molecule has 0 aliphatic rings. The molecule has 6 heteroatoms. The van der Waals surface area contributed by atoms with Crippen molar-refractivity contribution in [3.05, 3.63) is 0 Å². The highest BCUT2D eigenvalue weighted by atomic mass is 16.4. The minimum Gasteiger partial charge on any atom is -0.479 e. The van der Waals surface area contributed by atoms with Crippen molar-refractivity contribution in [1.82, 2.24) is 0 Å². The van der Waals surface area contributed by atoms with Crippen molar-refractivity contribution in [1.29, 1.82) is 0 Å². The van der Waals surface area contributed by atoms with Gasteiger partial charge in [-0.2, -0.15) is 0 Å². The molecule has 4 N–H and O–H groups in total. The van der Waals surface area contributed by atoms with Crippen LogP contribution in [-0.4, -0.2) is 44.1 Å². The van der Waals surface area contributed by atoms with E-state index in [4.69, 9.17) is 15.3 Å². The van der Waals surface area contributed by atoms with Crippen molar-refractivity contribution in [3.8, 4) is 0 Å². The van der Waals surface area contributed by atoms with E-state index in [9.17, 15) is 14.7 Å². The van der Waals surface area contributed by atoms with Gasteiger partial charge in [-0.05, 0) is 6.42 Å². The van der Waals surface area contributed by atoms with Crippen LogP contribution in [0.1, 0.15) is 26.2 Å². The average molecular weight is 206 g/mol. The maximum Gasteiger partial charge on any atom is 0.339 e. The monoisotopic (exact) mass is 206 g/mol. The smallest absolute Gasteiger partial charge is 0.339 e. The lowest BCUT2D eigenvalue weighted by molar-refractivity contribution is -0.184. The van der Waals surface area contributed by atoms with E-state index < -0.39 is 23.6 Å². The predicted molar refractivity (Wildman–Crippen MR) is 45.8 cm³/mol. The van der Waals surface area contributed by atoms with E-state index in [2.05, 4.69) is 0 Å². The molecule has 0 bridgehead atoms. The summed E-state index contributed by atoms with van der Waals surface area (Å²) in [5, 5.41) is 35.4. The molecule has 0 amide bonds. The number of carboxylic acid groups (broad SMARTS) is 2. The fourth-order valence-electron chi connectivity index (χ4n) is 1.01. The third-order valence-corrected chi connectivity index (χ3v) is 1.97. The quantitative estimate of drug-likeness (QED) is 0.463. The summed E-state index contributed by atoms with van der Waals surface area (Å²) in [7, 11) is 0. The molecule has 82 valence electrons. The van der Waals surface area contributed by atoms with Crippen LogP contribution < -0.4 is 0 Å². The van der Waals surface area contributed by atoms with E-state index in [0.29, 0.717) is 12.8 Å². The summed E-state index contributed by atoms with van der Waals surface area (Å²) in [6.07, 6.45) is -1.66. The summed E-state index contributed by atoms with van der Waals surface area (Å²) >= 11 is 0. The molecule has 0 radical (unpaired) electrons. The number of unbranched alkanes of at least 4 members (excludes halogenated alkanes) is 1. The Balaban J connectivity index is 4.70. The maximum atomic E-state index is 10.6. The van der Waals surface area contributed by atoms with E-state index in [-0.39, 0.29) is 6.42 Å². The number of aliphatic carboxylic acids is 2. The molecule has 0 heterocycles. The van der Waals surface area contributed by atoms with Gasteiger partial charge in [0.1, 0.15) is 0 Å². The molecule has 0 rings (SSSR count). The molecule has 0 aromatic heterocycles. The Bertz CT molecular complexity index is 226. The minimum atomic E-state index is -2.60. The van der Waals surface area contributed by atoms with Crippen LogP contribution in [0.3, 0.4) is 0 Å². The average Bonchev–Trinajstić information content (AvgIpc) is 2.12. The molecule has 0 aliphatic carbocycles. The van der Waals surface area contributed by atoms with Crippen molar-refractivity contribution in [3.63, 3.8) is 0 Å². The molecule has 0 saturated carbocycles. The first-order valence-electron chi connectivity index (χ1n) is 4.23. The number of rotatable bonds is 6. The SMILES string of the molecule is CCCCC(O)(C(=O)O)C(O)C(=O)O. The van der Waals surface area contributed by atoms with E-state index in [1.807, 2.05) is 0 Å². The molecule has 0 aromatic rings. The molecule has 0 spiro atoms. The molecule has 0 saturated heterocycles. The van der Waals surface area contributed by atoms with Crippen molar-refractivity contribution >= 4 is 11.9 Å². The van der Waals surface area contributed by atoms with Gasteiger partial charge < -0.3 is 20.4 Å². The van der Waals surface area contributed by atoms with Crippen LogP contribution in [0.2, 0.25) is 0 Å². The Hall–Kier alpha value is -1.14. The first-order chi connectivity index (χ1) is 6.36. The minimum absolute atomic E-state index is 0.285. The van der Waals surface area contributed by atoms with Crippen molar-refractivity contribution in [2.24, 2.45) is 0 Å². The van der Waals surface area contributed by atoms with Gasteiger partial charge in [-0.15, -0.1) is 0 Å². The number of carbonyl (C=O) groups is 2. The van der Waals surface area contributed by atoms with Crippen molar-refractivity contribution in [2.75, 3.05) is 0 Å². The molecule has 6 nitrogen and oxygen atoms in total. The largest absolute Gasteiger partial charge is 0.479 e. The van der Waals surface area contributed by atoms with Crippen molar-refractivity contribution < 1.29 is 30.0 Å². The number of carboxylic acids is 2. The Morgan fingerprint density at radius 3 is 2.14 bits per heavy atom. The van der Waals surface area contributed by atoms with Gasteiger partial charge in [-0.3, -0.25) is 0 Å². The van der Waals surface area contributed by atoms with E-state index in [1.165, 1.54) is 0 Å². The van der Waals surface area contributed by atoms with E-state index >= 15 is 0 Å². The van der Waals surface area contributed by atoms with Gasteiger partial charge in [0.15, 0.2) is 11.7 Å². The second kappa shape index (κ2) is 4.92. The van der Waals surface area contributed by atoms with Gasteiger partial charge in [0.2, 0.25) is 0 Å². The van der Waals surface area contributed by atoms with Crippen LogP contribution in [0, 0.1) is 0 Å². The first-order valence-corrected chi connectivity index (χ1v) is 4.23. The second-order valence-electron chi connectivity index (χ2n) is 3.07. The zero-order valence-electron chi connectivity index (χ0n) is 7.80. The van der Waals surface area contributed by atoms with Gasteiger partial charge in [0.05, 0.1) is 0 Å². The highest BCUT2D eigenvalue weighted by Gasteiger charge is 2.46. The first kappa shape index (κ1) is 12.9. The number of aliphatic hydroxyl groups is 2. The lowest BCUT2D eigenvalue weighted by Crippen LogP contribution is -2.53. The zero-order valence-corrected chi connectivity index (χ0v) is 7.80. The molecular weight excluding hydrogens is 192 g/mol. The van der Waals surface area contributed by atoms with E-state index in [1.54, 1.807) is 6.92 Å². The fourth-order valence-corrected chi connectivity index (χ4v) is 1.01. The van der Waals surface area contributed by atoms with Crippen LogP contribution in [0.15, 0.2) is 0 Å². The zero-order chi connectivity index (χ0) is 11.4. The van der Waals surface area contributed by atoms with Gasteiger partial charge >= 0.3 is 11.9 Å². The lowest BCUT2D eigenvalue weighted by atomic mass is 9.90. The number of hydrogen-bond acceptors (Lipinski definition) is 4. The summed E-state index contributed by atoms with van der Waals surface area (Å²) in [5.41, 5.74) is -2.60. The van der Waals surface area contributed by atoms with Crippen molar-refractivity contribution in [2.45, 2.75) is 37.9 Å². The number of hydrogen-bond donors (Lipinski definition) is 4. The van der Waals surface area contributed by atoms with Crippen LogP contribution >= 0.6 is 0 Å². The van der Waals surface area contributed by atoms with E-state index in [0.717, 1.165) is 0 Å². The highest BCUT2D eigenvalue weighted by Crippen LogP contribution is 2.19. The molecule has 2 unspecified atom stereocenters. The topological polar surface area (TPSA) is 115 Å². The molecule has 2 atom stereocenters. The maximum absolute atomic E-state index is 10.6. The Kier molecular flexibility index (Phi) is 4.52. The van der Waals surface area contributed by atoms with Crippen LogP contribution in [0.25, 0.3) is 0 Å². The summed E-state index contributed by atoms with van der Waals surface area (Å²) in [6, 6.07) is 0. The van der Waals surface area contributed by atoms with Gasteiger partial charge in [0, 0.05) is 0 Å². The van der Waals surface area contributed by atoms with Crippen LogP contribution in [0.4, 0.5) is 0 Å². The molecular formula is C8H14O6. The highest BCUT2D eigenvalue weighted by molar-refractivity contribution is 5.87. The normalized spacial score (nSPS) is 17.1. The fraction of sp³-hybridized carbons (Fsp3) is 0.750. The number of aliphatic hydroxyl groups excluding tert-OH is 1. The Labute approximate surface area is 80.8 Å². The third kappa shape index (κ3) is 2.68. The predicted octanol–water partition coefficient (Wildman–Crippen LogP) is -0.562. The third-order valence-electron chi connectivity index (χ3n) is 1.97. The lowest BCUT2D eigenvalue weighted by Gasteiger charge is -2.25. The van der Waals surface area contributed by atoms with Gasteiger partial charge in [-0.1, -0.05) is 19.8 Å². The van der Waals surface area contributed by atoms with Crippen LogP contribution in [0.5, 0.6) is 0 Å². The Morgan fingerprint density at radius 2 is 1.86 bits per heavy atom. The summed E-state index contributed by atoms with van der Waals surface area (Å²) in [6.45, 7) is 1.76. The molecule has 0 aliphatic heterocycles. The molecule has 0 aromatic carbocycles. The van der Waals surface area contributed by atoms with Gasteiger partial charge in [-0.25, -0.2) is 9.59 Å².